The molecule has 0 bridgehead atoms. The number of nitrogens with zero attached hydrogens (tertiary/aromatic N) is 3. The van der Waals surface area contributed by atoms with E-state index in [1.54, 1.807) is 12.1 Å². The molecule has 0 saturated carbocycles. The summed E-state index contributed by atoms with van der Waals surface area (Å²) in [5.74, 6) is -0.943. The van der Waals surface area contributed by atoms with Gasteiger partial charge in [-0.3, -0.25) is 14.4 Å². The smallest absolute Gasteiger partial charge is 0.251 e. The molecule has 1 aromatic carbocycles. The van der Waals surface area contributed by atoms with Crippen LogP contribution in [0, 0.1) is 5.41 Å². The number of carbonyl (C=O) groups is 3. The Balaban J connectivity index is 1.45. The van der Waals surface area contributed by atoms with Crippen molar-refractivity contribution in [3.05, 3.63) is 29.8 Å². The lowest BCUT2D eigenvalue weighted by Crippen LogP contribution is -2.57. The fraction of sp³-hybridized carbons (Fsp3) is 0.640. The van der Waals surface area contributed by atoms with E-state index < -0.39 is 29.7 Å². The first-order valence-corrected chi connectivity index (χ1v) is 12.1. The Morgan fingerprint density at radius 1 is 1.15 bits per heavy atom. The second-order valence-electron chi connectivity index (χ2n) is 10.5. The van der Waals surface area contributed by atoms with Crippen LogP contribution in [0.25, 0.3) is 0 Å². The summed E-state index contributed by atoms with van der Waals surface area (Å²) in [6.45, 7) is 12.7. The van der Waals surface area contributed by atoms with Crippen LogP contribution in [0.2, 0.25) is 0 Å². The summed E-state index contributed by atoms with van der Waals surface area (Å²) in [6, 6.07) is 5.80. The number of β-amino-alcohol motifs (C(OH)–C–C–N with tert-alkyl or cyclic N) is 1. The molecule has 4 rings (SSSR count). The molecule has 3 saturated heterocycles. The Kier molecular flexibility index (Phi) is 6.98. The number of ether oxygens (including phenoxy) is 1. The van der Waals surface area contributed by atoms with E-state index in [9.17, 15) is 19.5 Å². The van der Waals surface area contributed by atoms with E-state index in [4.69, 9.17) is 4.74 Å². The first kappa shape index (κ1) is 24.6. The van der Waals surface area contributed by atoms with E-state index >= 15 is 0 Å². The third-order valence-electron chi connectivity index (χ3n) is 7.14. The molecule has 3 fully saturated rings. The standard InChI is InChI=1S/C25H36N4O5/c1-5-27-10-12-28(13-11-27)17-8-6-16(7-9-17)23(32)26-22(25(2,3)4)24(33)29-14-18(30)21-20(29)19(31)15-34-21/h6-9,18,20-22,30H,5,10-15H2,1-4H3,(H,26,32)/t18-,20+,21+,22?/m0/s1. The van der Waals surface area contributed by atoms with Crippen molar-refractivity contribution >= 4 is 23.3 Å². The summed E-state index contributed by atoms with van der Waals surface area (Å²) in [7, 11) is 0. The number of amides is 2. The van der Waals surface area contributed by atoms with Crippen molar-refractivity contribution < 1.29 is 24.2 Å². The van der Waals surface area contributed by atoms with E-state index in [0.717, 1.165) is 38.4 Å². The van der Waals surface area contributed by atoms with Gasteiger partial charge in [-0.2, -0.15) is 0 Å². The lowest BCUT2D eigenvalue weighted by Gasteiger charge is -2.35. The molecule has 3 heterocycles. The van der Waals surface area contributed by atoms with Crippen LogP contribution in [-0.2, 0) is 14.3 Å². The van der Waals surface area contributed by atoms with Crippen molar-refractivity contribution in [2.75, 3.05) is 50.8 Å². The maximum Gasteiger partial charge on any atom is 0.251 e. The quantitative estimate of drug-likeness (QED) is 0.644. The molecule has 9 nitrogen and oxygen atoms in total. The Morgan fingerprint density at radius 3 is 2.38 bits per heavy atom. The Morgan fingerprint density at radius 2 is 1.79 bits per heavy atom. The third kappa shape index (κ3) is 4.82. The highest BCUT2D eigenvalue weighted by Crippen LogP contribution is 2.31. The number of aliphatic hydroxyl groups is 1. The number of Topliss-reactive ketones (excluding diaryl/α,β-unsaturated/α-hetero) is 1. The number of hydrogen-bond donors (Lipinski definition) is 2. The molecule has 1 aromatic rings. The molecule has 34 heavy (non-hydrogen) atoms. The van der Waals surface area contributed by atoms with Crippen molar-refractivity contribution in [1.29, 1.82) is 0 Å². The summed E-state index contributed by atoms with van der Waals surface area (Å²) in [5, 5.41) is 13.2. The summed E-state index contributed by atoms with van der Waals surface area (Å²) >= 11 is 0. The van der Waals surface area contributed by atoms with Gasteiger partial charge < -0.3 is 29.9 Å². The van der Waals surface area contributed by atoms with E-state index in [1.165, 1.54) is 4.90 Å². The number of nitrogens with one attached hydrogen (secondary N) is 1. The predicted octanol–water partition coefficient (Wildman–Crippen LogP) is 0.513. The Bertz CT molecular complexity index is 920. The van der Waals surface area contributed by atoms with Gasteiger partial charge in [0.05, 0.1) is 6.54 Å². The van der Waals surface area contributed by atoms with Gasteiger partial charge >= 0.3 is 0 Å². The second kappa shape index (κ2) is 9.64. The number of aliphatic hydroxyl groups excluding tert-OH is 1. The maximum absolute atomic E-state index is 13.5. The normalized spacial score (nSPS) is 26.5. The zero-order chi connectivity index (χ0) is 24.6. The number of rotatable bonds is 5. The number of hydrogen-bond acceptors (Lipinski definition) is 7. The fourth-order valence-electron chi connectivity index (χ4n) is 5.03. The lowest BCUT2D eigenvalue weighted by molar-refractivity contribution is -0.140. The number of carbonyl (C=O) groups excluding carboxylic acids is 3. The van der Waals surface area contributed by atoms with Gasteiger partial charge in [0.15, 0.2) is 5.78 Å². The molecule has 2 N–H and O–H groups in total. The van der Waals surface area contributed by atoms with Gasteiger partial charge in [-0.25, -0.2) is 0 Å². The molecule has 9 heteroatoms. The average molecular weight is 473 g/mol. The van der Waals surface area contributed by atoms with E-state index in [-0.39, 0.29) is 30.7 Å². The SMILES string of the molecule is CCN1CCN(c2ccc(C(=O)NC(C(=O)N3C[C@H](O)[C@H]4OCC(=O)[C@H]43)C(C)(C)C)cc2)CC1. The van der Waals surface area contributed by atoms with E-state index in [2.05, 4.69) is 22.0 Å². The van der Waals surface area contributed by atoms with Crippen LogP contribution < -0.4 is 10.2 Å². The largest absolute Gasteiger partial charge is 0.388 e. The molecule has 1 unspecified atom stereocenters. The van der Waals surface area contributed by atoms with Gasteiger partial charge in [0.25, 0.3) is 5.91 Å². The molecule has 0 radical (unpaired) electrons. The van der Waals surface area contributed by atoms with Crippen molar-refractivity contribution in [3.8, 4) is 0 Å². The molecule has 0 spiro atoms. The van der Waals surface area contributed by atoms with Crippen LogP contribution in [0.3, 0.4) is 0 Å². The first-order valence-electron chi connectivity index (χ1n) is 12.1. The highest BCUT2D eigenvalue weighted by atomic mass is 16.5. The number of anilines is 1. The van der Waals surface area contributed by atoms with Crippen LogP contribution in [0.15, 0.2) is 24.3 Å². The summed E-state index contributed by atoms with van der Waals surface area (Å²) < 4.78 is 5.38. The molecule has 3 aliphatic rings. The van der Waals surface area contributed by atoms with Gasteiger partial charge in [-0.05, 0) is 36.2 Å². The average Bonchev–Trinajstić information content (AvgIpc) is 3.36. The minimum Gasteiger partial charge on any atom is -0.388 e. The molecule has 3 aliphatic heterocycles. The predicted molar refractivity (Wildman–Crippen MR) is 128 cm³/mol. The van der Waals surface area contributed by atoms with Crippen LogP contribution >= 0.6 is 0 Å². The van der Waals surface area contributed by atoms with Gasteiger partial charge in [0.2, 0.25) is 5.91 Å². The summed E-state index contributed by atoms with van der Waals surface area (Å²) in [5.41, 5.74) is 0.946. The van der Waals surface area contributed by atoms with Crippen molar-refractivity contribution in [3.63, 3.8) is 0 Å². The molecule has 186 valence electrons. The Labute approximate surface area is 201 Å². The van der Waals surface area contributed by atoms with Gasteiger partial charge in [-0.15, -0.1) is 0 Å². The van der Waals surface area contributed by atoms with Crippen LogP contribution in [0.5, 0.6) is 0 Å². The topological polar surface area (TPSA) is 102 Å². The fourth-order valence-corrected chi connectivity index (χ4v) is 5.03. The number of ketones is 1. The number of benzene rings is 1. The third-order valence-corrected chi connectivity index (χ3v) is 7.14. The zero-order valence-corrected chi connectivity index (χ0v) is 20.5. The number of likely N-dealkylation sites (tertiary alicyclic amines) is 1. The minimum atomic E-state index is -0.913. The number of piperazine rings is 1. The van der Waals surface area contributed by atoms with Crippen LogP contribution in [0.4, 0.5) is 5.69 Å². The lowest BCUT2D eigenvalue weighted by atomic mass is 9.85. The summed E-state index contributed by atoms with van der Waals surface area (Å²) in [6.07, 6.45) is -1.61. The van der Waals surface area contributed by atoms with Crippen LogP contribution in [-0.4, -0.2) is 103 Å². The Hall–Kier alpha value is -2.49. The van der Waals surface area contributed by atoms with Gasteiger partial charge in [-0.1, -0.05) is 27.7 Å². The molecule has 0 aliphatic carbocycles. The zero-order valence-electron chi connectivity index (χ0n) is 20.5. The molecule has 4 atom stereocenters. The first-order chi connectivity index (χ1) is 16.1. The maximum atomic E-state index is 13.5. The monoisotopic (exact) mass is 472 g/mol. The van der Waals surface area contributed by atoms with Crippen molar-refractivity contribution in [2.24, 2.45) is 5.41 Å². The molecular weight excluding hydrogens is 436 g/mol. The van der Waals surface area contributed by atoms with Crippen LogP contribution in [0.1, 0.15) is 38.1 Å². The van der Waals surface area contributed by atoms with E-state index in [0.29, 0.717) is 5.56 Å². The van der Waals surface area contributed by atoms with Gasteiger partial charge in [0.1, 0.15) is 30.9 Å². The number of likely N-dealkylation sites (N-methyl/N-ethyl adjacent to an activating group) is 1. The van der Waals surface area contributed by atoms with E-state index in [1.807, 2.05) is 32.9 Å². The molecule has 0 aromatic heterocycles. The highest BCUT2D eigenvalue weighted by molar-refractivity contribution is 5.99. The van der Waals surface area contributed by atoms with Crippen molar-refractivity contribution in [2.45, 2.75) is 52.0 Å². The summed E-state index contributed by atoms with van der Waals surface area (Å²) in [4.78, 5) is 45.0. The van der Waals surface area contributed by atoms with Gasteiger partial charge in [0, 0.05) is 37.4 Å². The minimum absolute atomic E-state index is 0.0162. The van der Waals surface area contributed by atoms with Crippen molar-refractivity contribution in [1.82, 2.24) is 15.1 Å². The molecular formula is C25H36N4O5. The highest BCUT2D eigenvalue weighted by Gasteiger charge is 2.53. The molecule has 2 amide bonds. The second-order valence-corrected chi connectivity index (χ2v) is 10.5. The number of fused-ring (bicyclic) bond motifs is 1.